The highest BCUT2D eigenvalue weighted by atomic mass is 79.9. The van der Waals surface area contributed by atoms with Crippen LogP contribution in [-0.2, 0) is 11.2 Å². The molecule has 0 aliphatic rings. The molecule has 0 unspecified atom stereocenters. The van der Waals surface area contributed by atoms with E-state index in [1.165, 1.54) is 0 Å². The first-order valence-electron chi connectivity index (χ1n) is 3.11. The molecule has 1 aromatic rings. The monoisotopic (exact) mass is 232 g/mol. The molecule has 1 aromatic carbocycles. The predicted octanol–water partition coefficient (Wildman–Crippen LogP) is 2.84. The SMILES string of the molecule is O=CCc1ccc(Cl)c(Br)c1. The molecule has 0 spiro atoms. The zero-order chi connectivity index (χ0) is 8.27. The molecular weight excluding hydrogens is 227 g/mol. The van der Waals surface area contributed by atoms with Gasteiger partial charge in [0.2, 0.25) is 0 Å². The van der Waals surface area contributed by atoms with Crippen LogP contribution in [0, 0.1) is 0 Å². The molecule has 0 aliphatic heterocycles. The summed E-state index contributed by atoms with van der Waals surface area (Å²) in [5.74, 6) is 0. The highest BCUT2D eigenvalue weighted by Gasteiger charge is 1.97. The quantitative estimate of drug-likeness (QED) is 0.718. The highest BCUT2D eigenvalue weighted by Crippen LogP contribution is 2.22. The van der Waals surface area contributed by atoms with Gasteiger partial charge in [-0.25, -0.2) is 0 Å². The van der Waals surface area contributed by atoms with E-state index in [2.05, 4.69) is 15.9 Å². The van der Waals surface area contributed by atoms with Gasteiger partial charge in [-0.2, -0.15) is 0 Å². The van der Waals surface area contributed by atoms with Gasteiger partial charge in [0.25, 0.3) is 0 Å². The van der Waals surface area contributed by atoms with Crippen LogP contribution in [0.5, 0.6) is 0 Å². The summed E-state index contributed by atoms with van der Waals surface area (Å²) in [6, 6.07) is 5.45. The van der Waals surface area contributed by atoms with E-state index in [1.807, 2.05) is 12.1 Å². The lowest BCUT2D eigenvalue weighted by Gasteiger charge is -1.97. The first kappa shape index (κ1) is 8.75. The van der Waals surface area contributed by atoms with Gasteiger partial charge in [-0.15, -0.1) is 0 Å². The molecule has 0 N–H and O–H groups in total. The van der Waals surface area contributed by atoms with Crippen molar-refractivity contribution in [3.8, 4) is 0 Å². The number of benzene rings is 1. The summed E-state index contributed by atoms with van der Waals surface area (Å²) in [6.45, 7) is 0. The lowest BCUT2D eigenvalue weighted by atomic mass is 10.2. The number of carbonyl (C=O) groups is 1. The Balaban J connectivity index is 2.95. The van der Waals surface area contributed by atoms with E-state index in [-0.39, 0.29) is 0 Å². The Morgan fingerprint density at radius 3 is 2.82 bits per heavy atom. The summed E-state index contributed by atoms with van der Waals surface area (Å²) in [5.41, 5.74) is 0.969. The van der Waals surface area contributed by atoms with Crippen LogP contribution >= 0.6 is 27.5 Å². The lowest BCUT2D eigenvalue weighted by Crippen LogP contribution is -1.84. The summed E-state index contributed by atoms with van der Waals surface area (Å²) >= 11 is 9.01. The standard InChI is InChI=1S/C8H6BrClO/c9-7-5-6(3-4-11)1-2-8(7)10/h1-2,4-5H,3H2. The van der Waals surface area contributed by atoms with Gasteiger partial charge in [-0.1, -0.05) is 17.7 Å². The fourth-order valence-electron chi connectivity index (χ4n) is 0.763. The molecule has 0 radical (unpaired) electrons. The van der Waals surface area contributed by atoms with Crippen molar-refractivity contribution in [3.05, 3.63) is 33.3 Å². The van der Waals surface area contributed by atoms with Gasteiger partial charge in [0.05, 0.1) is 5.02 Å². The second kappa shape index (κ2) is 3.88. The smallest absolute Gasteiger partial charge is 0.124 e. The van der Waals surface area contributed by atoms with Gasteiger partial charge in [0.1, 0.15) is 6.29 Å². The van der Waals surface area contributed by atoms with Crippen LogP contribution < -0.4 is 0 Å². The van der Waals surface area contributed by atoms with E-state index >= 15 is 0 Å². The molecule has 0 bridgehead atoms. The van der Waals surface area contributed by atoms with E-state index in [4.69, 9.17) is 11.6 Å². The van der Waals surface area contributed by atoms with Crippen molar-refractivity contribution in [1.82, 2.24) is 0 Å². The zero-order valence-corrected chi connectivity index (χ0v) is 8.02. The Labute approximate surface area is 78.5 Å². The van der Waals surface area contributed by atoms with Crippen LogP contribution in [0.15, 0.2) is 22.7 Å². The molecular formula is C8H6BrClO. The number of aldehydes is 1. The van der Waals surface area contributed by atoms with Gasteiger partial charge >= 0.3 is 0 Å². The third-order valence-corrected chi connectivity index (χ3v) is 2.52. The van der Waals surface area contributed by atoms with Crippen LogP contribution in [0.3, 0.4) is 0 Å². The van der Waals surface area contributed by atoms with Gasteiger partial charge in [0.15, 0.2) is 0 Å². The van der Waals surface area contributed by atoms with E-state index < -0.39 is 0 Å². The molecule has 0 aliphatic carbocycles. The first-order chi connectivity index (χ1) is 5.24. The van der Waals surface area contributed by atoms with Gasteiger partial charge in [-0.05, 0) is 33.6 Å². The fraction of sp³-hybridized carbons (Fsp3) is 0.125. The van der Waals surface area contributed by atoms with Crippen molar-refractivity contribution in [2.45, 2.75) is 6.42 Å². The molecule has 58 valence electrons. The van der Waals surface area contributed by atoms with Crippen molar-refractivity contribution < 1.29 is 4.79 Å². The van der Waals surface area contributed by atoms with Gasteiger partial charge in [0, 0.05) is 10.9 Å². The van der Waals surface area contributed by atoms with E-state index in [9.17, 15) is 4.79 Å². The summed E-state index contributed by atoms with van der Waals surface area (Å²) in [5, 5.41) is 0.666. The summed E-state index contributed by atoms with van der Waals surface area (Å²) in [6.07, 6.45) is 1.31. The second-order valence-electron chi connectivity index (χ2n) is 2.12. The molecule has 0 fully saturated rings. The number of hydrogen-bond donors (Lipinski definition) is 0. The van der Waals surface area contributed by atoms with Gasteiger partial charge < -0.3 is 4.79 Å². The highest BCUT2D eigenvalue weighted by molar-refractivity contribution is 9.10. The molecule has 1 nitrogen and oxygen atoms in total. The van der Waals surface area contributed by atoms with Crippen LogP contribution in [-0.4, -0.2) is 6.29 Å². The molecule has 0 atom stereocenters. The third-order valence-electron chi connectivity index (χ3n) is 1.30. The minimum Gasteiger partial charge on any atom is -0.303 e. The van der Waals surface area contributed by atoms with Crippen molar-refractivity contribution >= 4 is 33.8 Å². The van der Waals surface area contributed by atoms with Crippen molar-refractivity contribution in [2.24, 2.45) is 0 Å². The summed E-state index contributed by atoms with van der Waals surface area (Å²) in [7, 11) is 0. The van der Waals surface area contributed by atoms with Crippen molar-refractivity contribution in [3.63, 3.8) is 0 Å². The Bertz CT molecular complexity index is 273. The van der Waals surface area contributed by atoms with E-state index in [0.717, 1.165) is 16.3 Å². The lowest BCUT2D eigenvalue weighted by molar-refractivity contribution is -0.107. The average molecular weight is 233 g/mol. The minimum absolute atomic E-state index is 0.440. The molecule has 0 saturated heterocycles. The molecule has 3 heteroatoms. The number of halogens is 2. The number of rotatable bonds is 2. The van der Waals surface area contributed by atoms with E-state index in [1.54, 1.807) is 6.07 Å². The van der Waals surface area contributed by atoms with E-state index in [0.29, 0.717) is 11.4 Å². The molecule has 0 aromatic heterocycles. The maximum absolute atomic E-state index is 10.1. The Hall–Kier alpha value is -0.340. The Morgan fingerprint density at radius 1 is 1.55 bits per heavy atom. The summed E-state index contributed by atoms with van der Waals surface area (Å²) < 4.78 is 0.832. The van der Waals surface area contributed by atoms with Crippen molar-refractivity contribution in [1.29, 1.82) is 0 Å². The van der Waals surface area contributed by atoms with Crippen LogP contribution in [0.1, 0.15) is 5.56 Å². The first-order valence-corrected chi connectivity index (χ1v) is 4.28. The fourth-order valence-corrected chi connectivity index (χ4v) is 1.31. The zero-order valence-electron chi connectivity index (χ0n) is 5.68. The van der Waals surface area contributed by atoms with Gasteiger partial charge in [-0.3, -0.25) is 0 Å². The Kier molecular flexibility index (Phi) is 3.09. The topological polar surface area (TPSA) is 17.1 Å². The normalized spacial score (nSPS) is 9.64. The largest absolute Gasteiger partial charge is 0.303 e. The maximum Gasteiger partial charge on any atom is 0.124 e. The van der Waals surface area contributed by atoms with Crippen molar-refractivity contribution in [2.75, 3.05) is 0 Å². The molecule has 0 heterocycles. The summed E-state index contributed by atoms with van der Waals surface area (Å²) in [4.78, 5) is 10.1. The molecule has 0 amide bonds. The molecule has 11 heavy (non-hydrogen) atoms. The average Bonchev–Trinajstić information content (AvgIpc) is 1.98. The Morgan fingerprint density at radius 2 is 2.27 bits per heavy atom. The van der Waals surface area contributed by atoms with Crippen LogP contribution in [0.4, 0.5) is 0 Å². The minimum atomic E-state index is 0.440. The number of hydrogen-bond acceptors (Lipinski definition) is 1. The van der Waals surface area contributed by atoms with Crippen LogP contribution in [0.2, 0.25) is 5.02 Å². The predicted molar refractivity (Wildman–Crippen MR) is 48.9 cm³/mol. The molecule has 1 rings (SSSR count). The second-order valence-corrected chi connectivity index (χ2v) is 3.38. The number of carbonyl (C=O) groups excluding carboxylic acids is 1. The maximum atomic E-state index is 10.1. The third kappa shape index (κ3) is 2.31. The molecule has 0 saturated carbocycles. The van der Waals surface area contributed by atoms with Crippen LogP contribution in [0.25, 0.3) is 0 Å².